The number of amides is 1. The number of carbonyl (C=O) groups is 1. The normalized spacial score (nSPS) is 14.7. The summed E-state index contributed by atoms with van der Waals surface area (Å²) in [5.41, 5.74) is 2.17. The molecule has 7 heteroatoms. The summed E-state index contributed by atoms with van der Waals surface area (Å²) >= 11 is 7.52. The second-order valence-electron chi connectivity index (χ2n) is 6.67. The standard InChI is InChI=1S/C20H21ClN4OS/c21-16-8-6-15(7-9-16)3-1-5-18(26)24-11-13-25(14-12-24)20-23-17-4-2-10-22-19(17)27-20/h2,4,6-10H,1,3,5,11-14H2. The Morgan fingerprint density at radius 1 is 1.11 bits per heavy atom. The number of fused-ring (bicyclic) bond motifs is 1. The highest BCUT2D eigenvalue weighted by Crippen LogP contribution is 2.27. The third-order valence-corrected chi connectivity index (χ3v) is 6.12. The molecule has 0 unspecified atom stereocenters. The number of thiazole rings is 1. The maximum Gasteiger partial charge on any atom is 0.222 e. The third kappa shape index (κ3) is 4.39. The fraction of sp³-hybridized carbons (Fsp3) is 0.350. The predicted molar refractivity (Wildman–Crippen MR) is 111 cm³/mol. The van der Waals surface area contributed by atoms with Crippen LogP contribution in [0.2, 0.25) is 5.02 Å². The summed E-state index contributed by atoms with van der Waals surface area (Å²) in [6, 6.07) is 11.7. The van der Waals surface area contributed by atoms with Crippen molar-refractivity contribution in [2.24, 2.45) is 0 Å². The van der Waals surface area contributed by atoms with Crippen LogP contribution in [0.25, 0.3) is 10.3 Å². The lowest BCUT2D eigenvalue weighted by Crippen LogP contribution is -2.48. The van der Waals surface area contributed by atoms with Gasteiger partial charge < -0.3 is 9.80 Å². The van der Waals surface area contributed by atoms with Crippen LogP contribution >= 0.6 is 22.9 Å². The van der Waals surface area contributed by atoms with Crippen molar-refractivity contribution in [3.05, 3.63) is 53.2 Å². The van der Waals surface area contributed by atoms with E-state index in [4.69, 9.17) is 11.6 Å². The van der Waals surface area contributed by atoms with Crippen molar-refractivity contribution >= 4 is 44.3 Å². The molecule has 0 N–H and O–H groups in total. The fourth-order valence-electron chi connectivity index (χ4n) is 3.29. The molecule has 4 rings (SSSR count). The minimum Gasteiger partial charge on any atom is -0.344 e. The highest BCUT2D eigenvalue weighted by Gasteiger charge is 2.22. The largest absolute Gasteiger partial charge is 0.344 e. The van der Waals surface area contributed by atoms with Gasteiger partial charge in [0.2, 0.25) is 5.91 Å². The summed E-state index contributed by atoms with van der Waals surface area (Å²) in [6.07, 6.45) is 4.16. The van der Waals surface area contributed by atoms with E-state index in [-0.39, 0.29) is 5.91 Å². The molecular formula is C20H21ClN4OS. The first kappa shape index (κ1) is 18.2. The molecule has 1 saturated heterocycles. The molecule has 140 valence electrons. The first-order chi connectivity index (χ1) is 13.2. The van der Waals surface area contributed by atoms with Gasteiger partial charge in [0.25, 0.3) is 0 Å². The lowest BCUT2D eigenvalue weighted by Gasteiger charge is -2.34. The molecule has 2 aromatic heterocycles. The molecule has 0 spiro atoms. The van der Waals surface area contributed by atoms with Gasteiger partial charge in [-0.15, -0.1) is 0 Å². The van der Waals surface area contributed by atoms with Gasteiger partial charge in [-0.25, -0.2) is 9.97 Å². The molecule has 0 radical (unpaired) electrons. The van der Waals surface area contributed by atoms with Crippen LogP contribution in [0.5, 0.6) is 0 Å². The summed E-state index contributed by atoms with van der Waals surface area (Å²) in [6.45, 7) is 3.15. The topological polar surface area (TPSA) is 49.3 Å². The SMILES string of the molecule is O=C(CCCc1ccc(Cl)cc1)N1CCN(c2nc3cccnc3s2)CC1. The number of benzene rings is 1. The molecule has 1 aliphatic rings. The summed E-state index contributed by atoms with van der Waals surface area (Å²) in [5, 5.41) is 1.75. The van der Waals surface area contributed by atoms with Crippen molar-refractivity contribution in [1.82, 2.24) is 14.9 Å². The van der Waals surface area contributed by atoms with Crippen molar-refractivity contribution in [1.29, 1.82) is 0 Å². The number of anilines is 1. The smallest absolute Gasteiger partial charge is 0.222 e. The van der Waals surface area contributed by atoms with E-state index in [0.29, 0.717) is 6.42 Å². The second kappa shape index (κ2) is 8.23. The Balaban J connectivity index is 1.25. The van der Waals surface area contributed by atoms with Crippen LogP contribution in [0, 0.1) is 0 Å². The Hall–Kier alpha value is -2.18. The van der Waals surface area contributed by atoms with Gasteiger partial charge in [0.1, 0.15) is 10.3 Å². The minimum absolute atomic E-state index is 0.245. The molecule has 1 aromatic carbocycles. The number of piperazine rings is 1. The van der Waals surface area contributed by atoms with Crippen LogP contribution in [0.4, 0.5) is 5.13 Å². The van der Waals surface area contributed by atoms with Crippen molar-refractivity contribution in [2.45, 2.75) is 19.3 Å². The van der Waals surface area contributed by atoms with E-state index in [0.717, 1.165) is 59.5 Å². The first-order valence-corrected chi connectivity index (χ1v) is 10.4. The summed E-state index contributed by atoms with van der Waals surface area (Å²) in [4.78, 5) is 26.7. The number of rotatable bonds is 5. The quantitative estimate of drug-likeness (QED) is 0.649. The summed E-state index contributed by atoms with van der Waals surface area (Å²) in [5.74, 6) is 0.245. The van der Waals surface area contributed by atoms with Gasteiger partial charge in [-0.2, -0.15) is 0 Å². The number of carbonyl (C=O) groups excluding carboxylic acids is 1. The lowest BCUT2D eigenvalue weighted by atomic mass is 10.1. The molecule has 0 atom stereocenters. The van der Waals surface area contributed by atoms with E-state index in [2.05, 4.69) is 14.9 Å². The zero-order valence-corrected chi connectivity index (χ0v) is 16.5. The van der Waals surface area contributed by atoms with Crippen LogP contribution in [-0.2, 0) is 11.2 Å². The van der Waals surface area contributed by atoms with E-state index in [9.17, 15) is 4.79 Å². The molecule has 5 nitrogen and oxygen atoms in total. The zero-order chi connectivity index (χ0) is 18.6. The predicted octanol–water partition coefficient (Wildman–Crippen LogP) is 4.02. The molecule has 1 fully saturated rings. The molecule has 3 aromatic rings. The number of aromatic nitrogens is 2. The van der Waals surface area contributed by atoms with E-state index >= 15 is 0 Å². The van der Waals surface area contributed by atoms with Gasteiger partial charge in [0.05, 0.1) is 0 Å². The Labute approximate surface area is 167 Å². The van der Waals surface area contributed by atoms with E-state index in [1.807, 2.05) is 41.3 Å². The maximum absolute atomic E-state index is 12.5. The average Bonchev–Trinajstić information content (AvgIpc) is 3.14. The van der Waals surface area contributed by atoms with Gasteiger partial charge in [-0.3, -0.25) is 4.79 Å². The molecular weight excluding hydrogens is 380 g/mol. The number of hydrogen-bond donors (Lipinski definition) is 0. The van der Waals surface area contributed by atoms with Crippen LogP contribution in [0.3, 0.4) is 0 Å². The first-order valence-electron chi connectivity index (χ1n) is 9.18. The van der Waals surface area contributed by atoms with E-state index in [1.54, 1.807) is 17.5 Å². The molecule has 0 aliphatic carbocycles. The second-order valence-corrected chi connectivity index (χ2v) is 8.06. The van der Waals surface area contributed by atoms with Crippen LogP contribution < -0.4 is 4.90 Å². The van der Waals surface area contributed by atoms with E-state index in [1.165, 1.54) is 5.56 Å². The van der Waals surface area contributed by atoms with Gasteiger partial charge >= 0.3 is 0 Å². The van der Waals surface area contributed by atoms with Crippen molar-refractivity contribution in [3.63, 3.8) is 0 Å². The Morgan fingerprint density at radius 2 is 1.89 bits per heavy atom. The third-order valence-electron chi connectivity index (χ3n) is 4.83. The molecule has 3 heterocycles. The van der Waals surface area contributed by atoms with Crippen molar-refractivity contribution in [2.75, 3.05) is 31.1 Å². The fourth-order valence-corrected chi connectivity index (χ4v) is 4.38. The van der Waals surface area contributed by atoms with Gasteiger partial charge in [-0.1, -0.05) is 35.1 Å². The minimum atomic E-state index is 0.245. The van der Waals surface area contributed by atoms with Crippen LogP contribution in [0.15, 0.2) is 42.6 Å². The van der Waals surface area contributed by atoms with Gasteiger partial charge in [0.15, 0.2) is 5.13 Å². The monoisotopic (exact) mass is 400 g/mol. The zero-order valence-electron chi connectivity index (χ0n) is 15.0. The van der Waals surface area contributed by atoms with Crippen molar-refractivity contribution in [3.8, 4) is 0 Å². The van der Waals surface area contributed by atoms with Crippen LogP contribution in [0.1, 0.15) is 18.4 Å². The Morgan fingerprint density at radius 3 is 2.63 bits per heavy atom. The number of aryl methyl sites for hydroxylation is 1. The van der Waals surface area contributed by atoms with Gasteiger partial charge in [0, 0.05) is 43.8 Å². The summed E-state index contributed by atoms with van der Waals surface area (Å²) < 4.78 is 0. The number of nitrogens with zero attached hydrogens (tertiary/aromatic N) is 4. The summed E-state index contributed by atoms with van der Waals surface area (Å²) in [7, 11) is 0. The molecule has 0 bridgehead atoms. The highest BCUT2D eigenvalue weighted by atomic mass is 35.5. The number of halogens is 1. The molecule has 27 heavy (non-hydrogen) atoms. The highest BCUT2D eigenvalue weighted by molar-refractivity contribution is 7.21. The number of hydrogen-bond acceptors (Lipinski definition) is 5. The average molecular weight is 401 g/mol. The molecule has 0 saturated carbocycles. The Bertz CT molecular complexity index is 886. The number of pyridine rings is 1. The van der Waals surface area contributed by atoms with Crippen LogP contribution in [-0.4, -0.2) is 47.0 Å². The molecule has 1 amide bonds. The Kier molecular flexibility index (Phi) is 5.55. The molecule has 1 aliphatic heterocycles. The van der Waals surface area contributed by atoms with Gasteiger partial charge in [-0.05, 0) is 42.7 Å². The lowest BCUT2D eigenvalue weighted by molar-refractivity contribution is -0.131. The van der Waals surface area contributed by atoms with Crippen molar-refractivity contribution < 1.29 is 4.79 Å². The maximum atomic E-state index is 12.5. The van der Waals surface area contributed by atoms with E-state index < -0.39 is 0 Å².